The molecule has 2 fully saturated rings. The Labute approximate surface area is 236 Å². The first-order valence-electron chi connectivity index (χ1n) is 15.0. The van der Waals surface area contributed by atoms with Crippen LogP contribution in [0.1, 0.15) is 94.9 Å². The summed E-state index contributed by atoms with van der Waals surface area (Å²) in [5.41, 5.74) is 3.12. The number of hydrogen-bond donors (Lipinski definition) is 0. The minimum absolute atomic E-state index is 0.371. The molecule has 0 N–H and O–H groups in total. The van der Waals surface area contributed by atoms with Gasteiger partial charge in [-0.2, -0.15) is 0 Å². The minimum Gasteiger partial charge on any atom is -0.399 e. The molecule has 2 aliphatic rings. The molecule has 2 aromatic carbocycles. The molecule has 0 saturated carbocycles. The van der Waals surface area contributed by atoms with E-state index in [1.165, 1.54) is 41.1 Å². The van der Waals surface area contributed by atoms with Gasteiger partial charge in [-0.3, -0.25) is 0 Å². The summed E-state index contributed by atoms with van der Waals surface area (Å²) in [4.78, 5) is 0. The second-order valence-electron chi connectivity index (χ2n) is 13.8. The van der Waals surface area contributed by atoms with Crippen molar-refractivity contribution in [3.05, 3.63) is 36.4 Å². The summed E-state index contributed by atoms with van der Waals surface area (Å²) in [6.45, 7) is 22.5. The average Bonchev–Trinajstić information content (AvgIpc) is 3.37. The second kappa shape index (κ2) is 9.94. The van der Waals surface area contributed by atoms with Gasteiger partial charge >= 0.3 is 14.2 Å². The first-order valence-corrected chi connectivity index (χ1v) is 15.0. The van der Waals surface area contributed by atoms with E-state index in [0.717, 1.165) is 23.9 Å². The SMILES string of the molecule is CCCC[C@H](CC)Cn1c2cc(B3OC(C)(C)C(C)(C)O3)ccc2c2ccc(B3OC(C)(C)C(C)(C)O3)cc21. The predicted molar refractivity (Wildman–Crippen MR) is 164 cm³/mol. The van der Waals surface area contributed by atoms with Gasteiger partial charge in [0, 0.05) is 28.4 Å². The highest BCUT2D eigenvalue weighted by Crippen LogP contribution is 2.39. The maximum Gasteiger partial charge on any atom is 0.494 e. The van der Waals surface area contributed by atoms with Gasteiger partial charge in [-0.15, -0.1) is 0 Å². The highest BCUT2D eigenvalue weighted by atomic mass is 16.7. The summed E-state index contributed by atoms with van der Waals surface area (Å²) in [5.74, 6) is 0.616. The molecule has 210 valence electrons. The number of aromatic nitrogens is 1. The van der Waals surface area contributed by atoms with Gasteiger partial charge in [0.1, 0.15) is 0 Å². The van der Waals surface area contributed by atoms with Crippen LogP contribution < -0.4 is 10.9 Å². The summed E-state index contributed by atoms with van der Waals surface area (Å²) < 4.78 is 28.2. The van der Waals surface area contributed by atoms with Crippen molar-refractivity contribution in [1.82, 2.24) is 4.57 Å². The normalized spacial score (nSPS) is 22.3. The third kappa shape index (κ3) is 4.98. The van der Waals surface area contributed by atoms with E-state index in [1.54, 1.807) is 0 Å². The molecule has 1 aromatic heterocycles. The number of benzene rings is 2. The van der Waals surface area contributed by atoms with Gasteiger partial charge in [-0.25, -0.2) is 0 Å². The summed E-state index contributed by atoms with van der Waals surface area (Å²) in [7, 11) is -0.763. The number of rotatable bonds is 8. The molecule has 39 heavy (non-hydrogen) atoms. The number of hydrogen-bond acceptors (Lipinski definition) is 4. The lowest BCUT2D eigenvalue weighted by molar-refractivity contribution is 0.00578. The second-order valence-corrected chi connectivity index (χ2v) is 13.8. The zero-order valence-corrected chi connectivity index (χ0v) is 25.8. The van der Waals surface area contributed by atoms with Crippen molar-refractivity contribution in [1.29, 1.82) is 0 Å². The van der Waals surface area contributed by atoms with E-state index in [4.69, 9.17) is 18.6 Å². The van der Waals surface area contributed by atoms with E-state index in [2.05, 4.69) is 110 Å². The lowest BCUT2D eigenvalue weighted by atomic mass is 9.78. The maximum atomic E-state index is 6.43. The molecule has 5 rings (SSSR count). The zero-order chi connectivity index (χ0) is 28.4. The van der Waals surface area contributed by atoms with Crippen molar-refractivity contribution in [3.8, 4) is 0 Å². The fraction of sp³-hybridized carbons (Fsp3) is 0.625. The van der Waals surface area contributed by atoms with Crippen LogP contribution in [0.5, 0.6) is 0 Å². The Morgan fingerprint density at radius 3 is 1.44 bits per heavy atom. The molecule has 5 nitrogen and oxygen atoms in total. The molecule has 0 spiro atoms. The van der Waals surface area contributed by atoms with Crippen LogP contribution >= 0.6 is 0 Å². The Balaban J connectivity index is 1.61. The molecule has 3 heterocycles. The third-order valence-electron chi connectivity index (χ3n) is 9.95. The van der Waals surface area contributed by atoms with Crippen LogP contribution in [0.15, 0.2) is 36.4 Å². The molecule has 0 amide bonds. The largest absolute Gasteiger partial charge is 0.494 e. The lowest BCUT2D eigenvalue weighted by Gasteiger charge is -2.32. The van der Waals surface area contributed by atoms with Crippen LogP contribution in [-0.2, 0) is 25.2 Å². The quantitative estimate of drug-likeness (QED) is 0.307. The molecule has 0 aliphatic carbocycles. The Morgan fingerprint density at radius 1 is 0.667 bits per heavy atom. The van der Waals surface area contributed by atoms with Gasteiger partial charge in [0.25, 0.3) is 0 Å². The van der Waals surface area contributed by atoms with Gasteiger partial charge in [0.2, 0.25) is 0 Å². The summed E-state index contributed by atoms with van der Waals surface area (Å²) in [6, 6.07) is 13.4. The Hall–Kier alpha value is -1.79. The third-order valence-corrected chi connectivity index (χ3v) is 9.95. The molecule has 3 aromatic rings. The van der Waals surface area contributed by atoms with Crippen molar-refractivity contribution >= 4 is 47.0 Å². The smallest absolute Gasteiger partial charge is 0.399 e. The average molecular weight is 531 g/mol. The van der Waals surface area contributed by atoms with Gasteiger partial charge in [0.05, 0.1) is 22.4 Å². The Kier molecular flexibility index (Phi) is 7.32. The number of unbranched alkanes of at least 4 members (excludes halogenated alkanes) is 1. The van der Waals surface area contributed by atoms with Gasteiger partial charge < -0.3 is 23.2 Å². The van der Waals surface area contributed by atoms with Crippen molar-refractivity contribution < 1.29 is 18.6 Å². The molecule has 2 saturated heterocycles. The van der Waals surface area contributed by atoms with Crippen molar-refractivity contribution in [3.63, 3.8) is 0 Å². The van der Waals surface area contributed by atoms with Gasteiger partial charge in [-0.1, -0.05) is 57.4 Å². The maximum absolute atomic E-state index is 6.43. The first kappa shape index (κ1) is 28.7. The van der Waals surface area contributed by atoms with Crippen LogP contribution in [0, 0.1) is 5.92 Å². The van der Waals surface area contributed by atoms with Gasteiger partial charge in [-0.05, 0) is 90.8 Å². The standard InChI is InChI=1S/C32H47B2NO4/c1-11-13-14-22(12-2)21-35-27-19-23(33-36-29(3,4)30(5,6)37-33)15-17-25(27)26-18-16-24(20-28(26)35)34-38-31(7,8)32(9,10)39-34/h15-20,22H,11-14,21H2,1-10H3/t22-/m0/s1. The zero-order valence-electron chi connectivity index (χ0n) is 25.8. The molecule has 2 aliphatic heterocycles. The Bertz CT molecular complexity index is 1230. The molecule has 7 heteroatoms. The summed E-state index contributed by atoms with van der Waals surface area (Å²) in [6.07, 6.45) is 4.88. The topological polar surface area (TPSA) is 41.9 Å². The summed E-state index contributed by atoms with van der Waals surface area (Å²) in [5, 5.41) is 2.52. The van der Waals surface area contributed by atoms with E-state index in [0.29, 0.717) is 5.92 Å². The molecule has 0 radical (unpaired) electrons. The van der Waals surface area contributed by atoms with Crippen LogP contribution in [0.2, 0.25) is 0 Å². The molecule has 1 atom stereocenters. The molecular formula is C32H47B2NO4. The van der Waals surface area contributed by atoms with E-state index in [1.807, 2.05) is 0 Å². The number of fused-ring (bicyclic) bond motifs is 3. The highest BCUT2D eigenvalue weighted by molar-refractivity contribution is 6.63. The van der Waals surface area contributed by atoms with Crippen LogP contribution in [-0.4, -0.2) is 41.2 Å². The summed E-state index contributed by atoms with van der Waals surface area (Å²) >= 11 is 0. The highest BCUT2D eigenvalue weighted by Gasteiger charge is 2.53. The minimum atomic E-state index is -0.381. The monoisotopic (exact) mass is 531 g/mol. The predicted octanol–water partition coefficient (Wildman–Crippen LogP) is 6.61. The first-order chi connectivity index (χ1) is 18.2. The van der Waals surface area contributed by atoms with Gasteiger partial charge in [0.15, 0.2) is 0 Å². The van der Waals surface area contributed by atoms with Crippen LogP contribution in [0.4, 0.5) is 0 Å². The van der Waals surface area contributed by atoms with Crippen molar-refractivity contribution in [2.75, 3.05) is 0 Å². The fourth-order valence-corrected chi connectivity index (χ4v) is 5.75. The van der Waals surface area contributed by atoms with E-state index >= 15 is 0 Å². The molecule has 0 unspecified atom stereocenters. The molecular weight excluding hydrogens is 484 g/mol. The molecule has 0 bridgehead atoms. The number of nitrogens with zero attached hydrogens (tertiary/aromatic N) is 1. The Morgan fingerprint density at radius 2 is 1.08 bits per heavy atom. The van der Waals surface area contributed by atoms with Crippen molar-refractivity contribution in [2.45, 2.75) is 124 Å². The van der Waals surface area contributed by atoms with Crippen molar-refractivity contribution in [2.24, 2.45) is 5.92 Å². The van der Waals surface area contributed by atoms with E-state index in [9.17, 15) is 0 Å². The van der Waals surface area contributed by atoms with Crippen LogP contribution in [0.3, 0.4) is 0 Å². The van der Waals surface area contributed by atoms with Crippen LogP contribution in [0.25, 0.3) is 21.8 Å². The van der Waals surface area contributed by atoms with E-state index in [-0.39, 0.29) is 36.6 Å². The lowest BCUT2D eigenvalue weighted by Crippen LogP contribution is -2.41. The fourth-order valence-electron chi connectivity index (χ4n) is 5.75. The van der Waals surface area contributed by atoms with E-state index < -0.39 is 0 Å².